The number of furan rings is 1. The van der Waals surface area contributed by atoms with Gasteiger partial charge in [-0.15, -0.1) is 0 Å². The number of amides is 2. The lowest BCUT2D eigenvalue weighted by Gasteiger charge is -2.35. The third kappa shape index (κ3) is 2.99. The molecule has 2 fully saturated rings. The maximum absolute atomic E-state index is 12.3. The predicted octanol–water partition coefficient (Wildman–Crippen LogP) is 1.63. The van der Waals surface area contributed by atoms with E-state index in [0.717, 1.165) is 0 Å². The summed E-state index contributed by atoms with van der Waals surface area (Å²) >= 11 is 0. The van der Waals surface area contributed by atoms with Crippen molar-refractivity contribution in [3.8, 4) is 0 Å². The number of piperidine rings is 1. The van der Waals surface area contributed by atoms with Gasteiger partial charge in [-0.3, -0.25) is 14.9 Å². The van der Waals surface area contributed by atoms with E-state index in [1.807, 2.05) is 6.92 Å². The Morgan fingerprint density at radius 3 is 2.57 bits per heavy atom. The number of ether oxygens (including phenoxy) is 1. The minimum absolute atomic E-state index is 0.0376. The number of hydrogen-bond donors (Lipinski definition) is 0. The average molecular weight is 323 g/mol. The Balaban J connectivity index is 1.59. The first-order valence-corrected chi connectivity index (χ1v) is 7.46. The Bertz CT molecular complexity index is 634. The Morgan fingerprint density at radius 2 is 2.04 bits per heavy atom. The van der Waals surface area contributed by atoms with Crippen molar-refractivity contribution in [2.24, 2.45) is 0 Å². The van der Waals surface area contributed by atoms with Crippen LogP contribution in [0.25, 0.3) is 0 Å². The zero-order valence-corrected chi connectivity index (χ0v) is 12.6. The molecule has 2 saturated heterocycles. The molecule has 0 aromatic carbocycles. The number of hydrogen-bond acceptors (Lipinski definition) is 6. The molecule has 9 nitrogen and oxygen atoms in total. The van der Waals surface area contributed by atoms with E-state index in [0.29, 0.717) is 32.5 Å². The molecular formula is C14H17N3O6. The monoisotopic (exact) mass is 323 g/mol. The second kappa shape index (κ2) is 5.90. The van der Waals surface area contributed by atoms with Crippen molar-refractivity contribution in [1.82, 2.24) is 9.80 Å². The van der Waals surface area contributed by atoms with Gasteiger partial charge < -0.3 is 19.0 Å². The quantitative estimate of drug-likeness (QED) is 0.618. The van der Waals surface area contributed by atoms with Gasteiger partial charge in [-0.05, 0) is 25.8 Å². The molecule has 0 radical (unpaired) electrons. The van der Waals surface area contributed by atoms with E-state index in [4.69, 9.17) is 9.15 Å². The Kier molecular flexibility index (Phi) is 3.93. The largest absolute Gasteiger partial charge is 0.444 e. The summed E-state index contributed by atoms with van der Waals surface area (Å²) in [6, 6.07) is 2.54. The van der Waals surface area contributed by atoms with Crippen molar-refractivity contribution in [1.29, 1.82) is 0 Å². The first-order valence-electron chi connectivity index (χ1n) is 7.46. The molecule has 3 rings (SSSR count). The van der Waals surface area contributed by atoms with Crippen molar-refractivity contribution < 1.29 is 23.7 Å². The van der Waals surface area contributed by atoms with Crippen molar-refractivity contribution in [3.05, 3.63) is 28.0 Å². The molecule has 1 aromatic heterocycles. The summed E-state index contributed by atoms with van der Waals surface area (Å²) in [5.41, 5.74) is 0. The van der Waals surface area contributed by atoms with Crippen molar-refractivity contribution in [2.75, 3.05) is 19.6 Å². The Hall–Kier alpha value is -2.58. The normalized spacial score (nSPS) is 22.3. The fourth-order valence-corrected chi connectivity index (χ4v) is 3.00. The maximum atomic E-state index is 12.3. The van der Waals surface area contributed by atoms with Crippen LogP contribution in [0, 0.1) is 10.1 Å². The highest BCUT2D eigenvalue weighted by Crippen LogP contribution is 2.24. The van der Waals surface area contributed by atoms with Gasteiger partial charge in [0.05, 0.1) is 12.6 Å². The molecule has 2 amide bonds. The van der Waals surface area contributed by atoms with E-state index in [9.17, 15) is 19.7 Å². The van der Waals surface area contributed by atoms with Gasteiger partial charge >= 0.3 is 12.0 Å². The van der Waals surface area contributed by atoms with Crippen LogP contribution >= 0.6 is 0 Å². The molecule has 0 aliphatic carbocycles. The van der Waals surface area contributed by atoms with Gasteiger partial charge in [-0.25, -0.2) is 4.79 Å². The molecule has 1 unspecified atom stereocenters. The predicted molar refractivity (Wildman–Crippen MR) is 76.9 cm³/mol. The summed E-state index contributed by atoms with van der Waals surface area (Å²) in [5.74, 6) is -0.852. The summed E-state index contributed by atoms with van der Waals surface area (Å²) in [5, 5.41) is 10.6. The average Bonchev–Trinajstić information content (AvgIpc) is 3.13. The number of nitro groups is 1. The summed E-state index contributed by atoms with van der Waals surface area (Å²) in [6.07, 6.45) is 0.891. The number of nitrogens with zero attached hydrogens (tertiary/aromatic N) is 3. The van der Waals surface area contributed by atoms with Crippen LogP contribution in [0.4, 0.5) is 10.7 Å². The molecule has 0 bridgehead atoms. The van der Waals surface area contributed by atoms with E-state index in [-0.39, 0.29) is 29.9 Å². The molecule has 3 heterocycles. The van der Waals surface area contributed by atoms with Gasteiger partial charge in [0.25, 0.3) is 5.91 Å². The van der Waals surface area contributed by atoms with Crippen LogP contribution in [0.3, 0.4) is 0 Å². The molecule has 2 aliphatic rings. The minimum atomic E-state index is -0.677. The van der Waals surface area contributed by atoms with Crippen LogP contribution in [0.1, 0.15) is 30.3 Å². The topological polar surface area (TPSA) is 106 Å². The van der Waals surface area contributed by atoms with Crippen molar-refractivity contribution in [3.63, 3.8) is 0 Å². The Labute approximate surface area is 131 Å². The minimum Gasteiger partial charge on any atom is -0.444 e. The highest BCUT2D eigenvalue weighted by molar-refractivity contribution is 5.91. The van der Waals surface area contributed by atoms with E-state index in [2.05, 4.69) is 0 Å². The van der Waals surface area contributed by atoms with E-state index >= 15 is 0 Å². The summed E-state index contributed by atoms with van der Waals surface area (Å²) in [7, 11) is 0. The van der Waals surface area contributed by atoms with E-state index < -0.39 is 10.8 Å². The highest BCUT2D eigenvalue weighted by Gasteiger charge is 2.36. The lowest BCUT2D eigenvalue weighted by Crippen LogP contribution is -2.47. The van der Waals surface area contributed by atoms with Crippen LogP contribution in [-0.2, 0) is 4.74 Å². The second-order valence-electron chi connectivity index (χ2n) is 5.77. The fourth-order valence-electron chi connectivity index (χ4n) is 3.00. The lowest BCUT2D eigenvalue weighted by molar-refractivity contribution is -0.402. The maximum Gasteiger partial charge on any atom is 0.433 e. The second-order valence-corrected chi connectivity index (χ2v) is 5.77. The SMILES string of the molecule is CC1CN(C2CCN(C(=O)c3ccc([N+](=O)[O-])o3)CC2)C(=O)O1. The highest BCUT2D eigenvalue weighted by atomic mass is 16.6. The van der Waals surface area contributed by atoms with Crippen molar-refractivity contribution >= 4 is 17.9 Å². The molecule has 9 heteroatoms. The number of cyclic esters (lactones) is 1. The molecule has 0 spiro atoms. The summed E-state index contributed by atoms with van der Waals surface area (Å²) in [4.78, 5) is 37.2. The van der Waals surface area contributed by atoms with Gasteiger partial charge in [0, 0.05) is 19.1 Å². The zero-order valence-electron chi connectivity index (χ0n) is 12.6. The molecule has 0 saturated carbocycles. The zero-order chi connectivity index (χ0) is 16.6. The molecule has 2 aliphatic heterocycles. The standard InChI is InChI=1S/C14H17N3O6/c1-9-8-16(14(19)22-9)10-4-6-15(7-5-10)13(18)11-2-3-12(23-11)17(20)21/h2-3,9-10H,4-8H2,1H3. The number of rotatable bonds is 3. The molecule has 124 valence electrons. The van der Waals surface area contributed by atoms with Gasteiger partial charge in [0.1, 0.15) is 11.0 Å². The first kappa shape index (κ1) is 15.3. The van der Waals surface area contributed by atoms with Crippen LogP contribution in [0.2, 0.25) is 0 Å². The van der Waals surface area contributed by atoms with Crippen LogP contribution < -0.4 is 0 Å². The van der Waals surface area contributed by atoms with Crippen LogP contribution in [0.15, 0.2) is 16.5 Å². The van der Waals surface area contributed by atoms with Crippen molar-refractivity contribution in [2.45, 2.75) is 31.9 Å². The molecule has 0 N–H and O–H groups in total. The van der Waals surface area contributed by atoms with Crippen LogP contribution in [0.5, 0.6) is 0 Å². The number of carbonyl (C=O) groups excluding carboxylic acids is 2. The molecule has 23 heavy (non-hydrogen) atoms. The number of likely N-dealkylation sites (tertiary alicyclic amines) is 1. The fraction of sp³-hybridized carbons (Fsp3) is 0.571. The first-order chi connectivity index (χ1) is 11.0. The smallest absolute Gasteiger partial charge is 0.433 e. The molecular weight excluding hydrogens is 306 g/mol. The molecule has 1 atom stereocenters. The third-order valence-electron chi connectivity index (χ3n) is 4.17. The summed E-state index contributed by atoms with van der Waals surface area (Å²) in [6.45, 7) is 3.36. The third-order valence-corrected chi connectivity index (χ3v) is 4.17. The van der Waals surface area contributed by atoms with Gasteiger partial charge in [-0.2, -0.15) is 0 Å². The molecule has 1 aromatic rings. The van der Waals surface area contributed by atoms with E-state index in [1.54, 1.807) is 9.80 Å². The van der Waals surface area contributed by atoms with E-state index in [1.165, 1.54) is 12.1 Å². The van der Waals surface area contributed by atoms with Gasteiger partial charge in [-0.1, -0.05) is 0 Å². The van der Waals surface area contributed by atoms with Gasteiger partial charge in [0.2, 0.25) is 0 Å². The van der Waals surface area contributed by atoms with Crippen LogP contribution in [-0.4, -0.2) is 58.5 Å². The number of carbonyl (C=O) groups is 2. The van der Waals surface area contributed by atoms with Gasteiger partial charge in [0.15, 0.2) is 5.76 Å². The summed E-state index contributed by atoms with van der Waals surface area (Å²) < 4.78 is 10.1. The lowest BCUT2D eigenvalue weighted by atomic mass is 10.0. The Morgan fingerprint density at radius 1 is 1.35 bits per heavy atom.